The summed E-state index contributed by atoms with van der Waals surface area (Å²) >= 11 is 2.08. The molecule has 29 heavy (non-hydrogen) atoms. The van der Waals surface area contributed by atoms with Crippen molar-refractivity contribution in [2.75, 3.05) is 57.9 Å². The Bertz CT molecular complexity index is 663. The van der Waals surface area contributed by atoms with Crippen LogP contribution in [0.15, 0.2) is 35.3 Å². The smallest absolute Gasteiger partial charge is 0.191 e. The van der Waals surface area contributed by atoms with E-state index in [2.05, 4.69) is 62.6 Å². The van der Waals surface area contributed by atoms with E-state index in [0.29, 0.717) is 0 Å². The molecule has 1 aliphatic carbocycles. The monoisotopic (exact) mass is 416 g/mol. The predicted octanol–water partition coefficient (Wildman–Crippen LogP) is 2.87. The third kappa shape index (κ3) is 4.75. The van der Waals surface area contributed by atoms with Crippen LogP contribution < -0.4 is 10.6 Å². The van der Waals surface area contributed by atoms with Crippen LogP contribution in [0.3, 0.4) is 0 Å². The highest BCUT2D eigenvalue weighted by molar-refractivity contribution is 7.99. The second kappa shape index (κ2) is 9.71. The molecule has 2 N–H and O–H groups in total. The largest absolute Gasteiger partial charge is 0.379 e. The number of hydrogen-bond acceptors (Lipinski definition) is 4. The Morgan fingerprint density at radius 3 is 2.45 bits per heavy atom. The molecule has 0 amide bonds. The normalized spacial score (nSPS) is 27.8. The molecule has 0 aromatic heterocycles. The zero-order valence-corrected chi connectivity index (χ0v) is 18.6. The van der Waals surface area contributed by atoms with Gasteiger partial charge in [0.25, 0.3) is 0 Å². The maximum atomic E-state index is 5.59. The lowest BCUT2D eigenvalue weighted by Gasteiger charge is -2.43. The van der Waals surface area contributed by atoms with Gasteiger partial charge in [0.2, 0.25) is 0 Å². The molecule has 1 atom stereocenters. The van der Waals surface area contributed by atoms with Gasteiger partial charge in [-0.1, -0.05) is 43.2 Å². The Balaban J connectivity index is 1.38. The molecule has 2 saturated heterocycles. The van der Waals surface area contributed by atoms with Gasteiger partial charge in [0.05, 0.1) is 13.2 Å². The maximum absolute atomic E-state index is 5.59. The van der Waals surface area contributed by atoms with Gasteiger partial charge in [-0.05, 0) is 30.6 Å². The van der Waals surface area contributed by atoms with E-state index in [1.165, 1.54) is 49.2 Å². The number of guanidine groups is 1. The first-order valence-electron chi connectivity index (χ1n) is 11.2. The third-order valence-corrected chi connectivity index (χ3v) is 8.35. The summed E-state index contributed by atoms with van der Waals surface area (Å²) in [4.78, 5) is 7.21. The number of benzene rings is 1. The Hall–Kier alpha value is -1.24. The summed E-state index contributed by atoms with van der Waals surface area (Å²) in [7, 11) is 1.89. The molecule has 4 rings (SSSR count). The van der Waals surface area contributed by atoms with Gasteiger partial charge >= 0.3 is 0 Å². The fourth-order valence-electron chi connectivity index (χ4n) is 5.27. The first-order chi connectivity index (χ1) is 14.3. The van der Waals surface area contributed by atoms with E-state index in [9.17, 15) is 0 Å². The van der Waals surface area contributed by atoms with Crippen LogP contribution >= 0.6 is 11.8 Å². The molecule has 1 unspecified atom stereocenters. The van der Waals surface area contributed by atoms with E-state index in [-0.39, 0.29) is 11.0 Å². The van der Waals surface area contributed by atoms with Crippen LogP contribution in [0.25, 0.3) is 0 Å². The maximum Gasteiger partial charge on any atom is 0.191 e. The highest BCUT2D eigenvalue weighted by atomic mass is 32.2. The molecule has 0 spiro atoms. The van der Waals surface area contributed by atoms with Crippen molar-refractivity contribution in [3.8, 4) is 0 Å². The average Bonchev–Trinajstić information content (AvgIpc) is 3.46. The van der Waals surface area contributed by atoms with Crippen molar-refractivity contribution in [1.82, 2.24) is 15.5 Å². The lowest BCUT2D eigenvalue weighted by Crippen LogP contribution is -2.60. The molecule has 3 aliphatic rings. The van der Waals surface area contributed by atoms with Crippen molar-refractivity contribution in [1.29, 1.82) is 0 Å². The van der Waals surface area contributed by atoms with Crippen molar-refractivity contribution in [3.05, 3.63) is 35.9 Å². The third-order valence-electron chi connectivity index (χ3n) is 7.11. The van der Waals surface area contributed by atoms with Crippen LogP contribution in [-0.2, 0) is 10.2 Å². The molecule has 1 aromatic rings. The summed E-state index contributed by atoms with van der Waals surface area (Å²) in [6.07, 6.45) is 6.40. The van der Waals surface area contributed by atoms with Gasteiger partial charge in [-0.25, -0.2) is 0 Å². The Morgan fingerprint density at radius 1 is 1.07 bits per heavy atom. The van der Waals surface area contributed by atoms with E-state index in [4.69, 9.17) is 4.74 Å². The van der Waals surface area contributed by atoms with Crippen molar-refractivity contribution < 1.29 is 4.74 Å². The first kappa shape index (κ1) is 21.0. The van der Waals surface area contributed by atoms with Gasteiger partial charge in [0.15, 0.2) is 5.96 Å². The van der Waals surface area contributed by atoms with Gasteiger partial charge in [-0.2, -0.15) is 11.8 Å². The van der Waals surface area contributed by atoms with E-state index in [1.807, 2.05) is 7.05 Å². The second-order valence-corrected chi connectivity index (χ2v) is 9.86. The molecule has 160 valence electrons. The summed E-state index contributed by atoms with van der Waals surface area (Å²) in [6.45, 7) is 5.72. The number of nitrogens with zero attached hydrogens (tertiary/aromatic N) is 2. The number of morpholine rings is 1. The van der Waals surface area contributed by atoms with E-state index in [0.717, 1.165) is 45.4 Å². The van der Waals surface area contributed by atoms with E-state index >= 15 is 0 Å². The van der Waals surface area contributed by atoms with Crippen LogP contribution in [-0.4, -0.2) is 74.3 Å². The van der Waals surface area contributed by atoms with Crippen LogP contribution in [0.2, 0.25) is 0 Å². The van der Waals surface area contributed by atoms with Gasteiger partial charge < -0.3 is 15.4 Å². The zero-order chi connectivity index (χ0) is 20.0. The van der Waals surface area contributed by atoms with Gasteiger partial charge in [-0.15, -0.1) is 0 Å². The van der Waals surface area contributed by atoms with Crippen molar-refractivity contribution >= 4 is 17.7 Å². The molecule has 6 heteroatoms. The van der Waals surface area contributed by atoms with Crippen LogP contribution in [0.1, 0.15) is 37.7 Å². The van der Waals surface area contributed by atoms with Gasteiger partial charge in [0.1, 0.15) is 0 Å². The zero-order valence-electron chi connectivity index (χ0n) is 17.8. The topological polar surface area (TPSA) is 48.9 Å². The number of ether oxygens (including phenoxy) is 1. The van der Waals surface area contributed by atoms with Crippen molar-refractivity contribution in [3.63, 3.8) is 0 Å². The Labute approximate surface area is 180 Å². The molecule has 2 heterocycles. The number of aliphatic imine (C=N–C) groups is 1. The lowest BCUT2D eigenvalue weighted by molar-refractivity contribution is -0.0120. The Kier molecular flexibility index (Phi) is 7.04. The molecule has 0 radical (unpaired) electrons. The standard InChI is InChI=1S/C23H36N4OS/c1-24-21(25-17-22(9-5-6-10-22)20-7-3-2-4-8-20)26-18-23(11-16-29-19-23)27-12-14-28-15-13-27/h2-4,7-8H,5-6,9-19H2,1H3,(H2,24,25,26). The summed E-state index contributed by atoms with van der Waals surface area (Å²) < 4.78 is 5.59. The van der Waals surface area contributed by atoms with Crippen LogP contribution in [0, 0.1) is 0 Å². The molecule has 3 fully saturated rings. The first-order valence-corrected chi connectivity index (χ1v) is 12.3. The molecular formula is C23H36N4OS. The van der Waals surface area contributed by atoms with E-state index < -0.39 is 0 Å². The summed E-state index contributed by atoms with van der Waals surface area (Å²) in [5.74, 6) is 3.39. The SMILES string of the molecule is CN=C(NCC1(c2ccccc2)CCCC1)NCC1(N2CCOCC2)CCSC1. The predicted molar refractivity (Wildman–Crippen MR) is 123 cm³/mol. The average molecular weight is 417 g/mol. The van der Waals surface area contributed by atoms with Crippen molar-refractivity contribution in [2.45, 2.75) is 43.1 Å². The molecule has 5 nitrogen and oxygen atoms in total. The summed E-state index contributed by atoms with van der Waals surface area (Å²) in [5.41, 5.74) is 1.94. The molecule has 2 aliphatic heterocycles. The highest BCUT2D eigenvalue weighted by Gasteiger charge is 2.41. The van der Waals surface area contributed by atoms with Gasteiger partial charge in [-0.3, -0.25) is 9.89 Å². The van der Waals surface area contributed by atoms with Gasteiger partial charge in [0, 0.05) is 49.9 Å². The summed E-state index contributed by atoms with van der Waals surface area (Å²) in [6, 6.07) is 11.1. The fourth-order valence-corrected chi connectivity index (χ4v) is 6.75. The van der Waals surface area contributed by atoms with Crippen LogP contribution in [0.4, 0.5) is 0 Å². The Morgan fingerprint density at radius 2 is 1.79 bits per heavy atom. The number of rotatable bonds is 6. The molecule has 1 aromatic carbocycles. The molecule has 0 bridgehead atoms. The minimum Gasteiger partial charge on any atom is -0.379 e. The summed E-state index contributed by atoms with van der Waals surface area (Å²) in [5, 5.41) is 7.37. The highest BCUT2D eigenvalue weighted by Crippen LogP contribution is 2.40. The van der Waals surface area contributed by atoms with E-state index in [1.54, 1.807) is 0 Å². The quantitative estimate of drug-likeness (QED) is 0.552. The fraction of sp³-hybridized carbons (Fsp3) is 0.696. The molecule has 1 saturated carbocycles. The van der Waals surface area contributed by atoms with Crippen molar-refractivity contribution in [2.24, 2.45) is 4.99 Å². The minimum absolute atomic E-state index is 0.233. The number of hydrogen-bond donors (Lipinski definition) is 2. The molecular weight excluding hydrogens is 380 g/mol. The number of thioether (sulfide) groups is 1. The lowest BCUT2D eigenvalue weighted by atomic mass is 9.79. The second-order valence-electron chi connectivity index (χ2n) is 8.76. The van der Waals surface area contributed by atoms with Crippen LogP contribution in [0.5, 0.6) is 0 Å². The minimum atomic E-state index is 0.233. The number of nitrogens with one attached hydrogen (secondary N) is 2.